The van der Waals surface area contributed by atoms with Crippen molar-refractivity contribution in [3.8, 4) is 5.75 Å². The van der Waals surface area contributed by atoms with Gasteiger partial charge >= 0.3 is 0 Å². The number of H-pyrrole nitrogens is 1. The summed E-state index contributed by atoms with van der Waals surface area (Å²) in [7, 11) is 1.62. The molecule has 0 aliphatic heterocycles. The van der Waals surface area contributed by atoms with E-state index < -0.39 is 0 Å². The van der Waals surface area contributed by atoms with E-state index in [1.807, 2.05) is 18.2 Å². The number of methoxy groups -OCH3 is 1. The second-order valence-corrected chi connectivity index (χ2v) is 3.55. The van der Waals surface area contributed by atoms with Gasteiger partial charge in [0.25, 0.3) is 0 Å². The minimum atomic E-state index is 0.512. The molecule has 1 aromatic carbocycles. The molecule has 1 N–H and O–H groups in total. The SMILES string of the molecule is COc1ccc2oc3[nH]c(C=O)cc3c2c1. The maximum absolute atomic E-state index is 10.6. The molecule has 0 aliphatic rings. The highest BCUT2D eigenvalue weighted by molar-refractivity contribution is 6.06. The van der Waals surface area contributed by atoms with Gasteiger partial charge in [-0.25, -0.2) is 0 Å². The second-order valence-electron chi connectivity index (χ2n) is 3.55. The number of fused-ring (bicyclic) bond motifs is 3. The van der Waals surface area contributed by atoms with Gasteiger partial charge in [-0.1, -0.05) is 0 Å². The first-order valence-corrected chi connectivity index (χ1v) is 4.86. The topological polar surface area (TPSA) is 55.2 Å². The van der Waals surface area contributed by atoms with Gasteiger partial charge in [0.2, 0.25) is 5.71 Å². The van der Waals surface area contributed by atoms with Crippen LogP contribution in [-0.4, -0.2) is 18.4 Å². The van der Waals surface area contributed by atoms with Crippen LogP contribution >= 0.6 is 0 Å². The van der Waals surface area contributed by atoms with Gasteiger partial charge in [0.15, 0.2) is 6.29 Å². The van der Waals surface area contributed by atoms with Crippen LogP contribution in [0.25, 0.3) is 22.1 Å². The Bertz CT molecular complexity index is 678. The Morgan fingerprint density at radius 3 is 2.94 bits per heavy atom. The predicted octanol–water partition coefficient (Wildman–Crippen LogP) is 2.74. The Morgan fingerprint density at radius 2 is 2.19 bits per heavy atom. The molecule has 0 aliphatic carbocycles. The number of hydrogen-bond donors (Lipinski definition) is 1. The summed E-state index contributed by atoms with van der Waals surface area (Å²) in [4.78, 5) is 13.5. The lowest BCUT2D eigenvalue weighted by atomic mass is 10.2. The molecular weight excluding hydrogens is 206 g/mol. The number of carbonyl (C=O) groups is 1. The summed E-state index contributed by atoms with van der Waals surface area (Å²) in [6.45, 7) is 0. The fourth-order valence-electron chi connectivity index (χ4n) is 1.85. The van der Waals surface area contributed by atoms with Crippen LogP contribution in [0.4, 0.5) is 0 Å². The molecule has 0 radical (unpaired) electrons. The van der Waals surface area contributed by atoms with Crippen LogP contribution in [0.15, 0.2) is 28.7 Å². The normalized spacial score (nSPS) is 11.1. The number of nitrogens with one attached hydrogen (secondary N) is 1. The maximum atomic E-state index is 10.6. The van der Waals surface area contributed by atoms with Crippen LogP contribution in [0.2, 0.25) is 0 Å². The van der Waals surface area contributed by atoms with Crippen molar-refractivity contribution in [2.24, 2.45) is 0 Å². The van der Waals surface area contributed by atoms with E-state index in [0.717, 1.165) is 28.4 Å². The summed E-state index contributed by atoms with van der Waals surface area (Å²) < 4.78 is 10.7. The number of aromatic amines is 1. The third kappa shape index (κ3) is 1.13. The predicted molar refractivity (Wildman–Crippen MR) is 60.0 cm³/mol. The van der Waals surface area contributed by atoms with Crippen molar-refractivity contribution in [1.29, 1.82) is 0 Å². The highest BCUT2D eigenvalue weighted by atomic mass is 16.5. The molecule has 3 aromatic rings. The monoisotopic (exact) mass is 215 g/mol. The molecule has 0 atom stereocenters. The number of hydrogen-bond acceptors (Lipinski definition) is 3. The quantitative estimate of drug-likeness (QED) is 0.668. The van der Waals surface area contributed by atoms with Crippen molar-refractivity contribution < 1.29 is 13.9 Å². The zero-order valence-electron chi connectivity index (χ0n) is 8.61. The molecule has 0 spiro atoms. The lowest BCUT2D eigenvalue weighted by Crippen LogP contribution is -1.80. The third-order valence-electron chi connectivity index (χ3n) is 2.62. The lowest BCUT2D eigenvalue weighted by Gasteiger charge is -1.97. The Kier molecular flexibility index (Phi) is 1.77. The van der Waals surface area contributed by atoms with Gasteiger partial charge < -0.3 is 14.1 Å². The first-order chi connectivity index (χ1) is 7.81. The van der Waals surface area contributed by atoms with E-state index in [0.29, 0.717) is 11.4 Å². The third-order valence-corrected chi connectivity index (χ3v) is 2.62. The first kappa shape index (κ1) is 9.03. The Hall–Kier alpha value is -2.23. The molecule has 0 amide bonds. The minimum absolute atomic E-state index is 0.512. The van der Waals surface area contributed by atoms with E-state index in [1.54, 1.807) is 13.2 Å². The molecule has 0 bridgehead atoms. The summed E-state index contributed by atoms with van der Waals surface area (Å²) in [6.07, 6.45) is 0.765. The molecule has 16 heavy (non-hydrogen) atoms. The fourth-order valence-corrected chi connectivity index (χ4v) is 1.85. The molecule has 0 unspecified atom stereocenters. The number of furan rings is 1. The smallest absolute Gasteiger partial charge is 0.206 e. The largest absolute Gasteiger partial charge is 0.497 e. The number of carbonyl (C=O) groups excluding carboxylic acids is 1. The number of aromatic nitrogens is 1. The second kappa shape index (κ2) is 3.13. The number of benzene rings is 1. The summed E-state index contributed by atoms with van der Waals surface area (Å²) in [5, 5.41) is 1.84. The Labute approximate surface area is 90.8 Å². The molecule has 0 saturated carbocycles. The standard InChI is InChI=1S/C12H9NO3/c1-15-8-2-3-11-9(5-8)10-4-7(6-14)13-12(10)16-11/h2-6,13H,1H3. The van der Waals surface area contributed by atoms with Gasteiger partial charge in [0, 0.05) is 10.8 Å². The van der Waals surface area contributed by atoms with E-state index in [2.05, 4.69) is 4.98 Å². The van der Waals surface area contributed by atoms with Gasteiger partial charge in [0.05, 0.1) is 12.8 Å². The fraction of sp³-hybridized carbons (Fsp3) is 0.0833. The molecule has 0 saturated heterocycles. The van der Waals surface area contributed by atoms with E-state index in [1.165, 1.54) is 0 Å². The molecule has 4 heteroatoms. The van der Waals surface area contributed by atoms with Gasteiger partial charge in [-0.3, -0.25) is 4.79 Å². The van der Waals surface area contributed by atoms with Gasteiger partial charge in [-0.2, -0.15) is 0 Å². The van der Waals surface area contributed by atoms with Crippen LogP contribution in [0.5, 0.6) is 5.75 Å². The number of ether oxygens (including phenoxy) is 1. The Morgan fingerprint density at radius 1 is 1.31 bits per heavy atom. The van der Waals surface area contributed by atoms with Crippen molar-refractivity contribution >= 4 is 28.4 Å². The number of aldehydes is 1. The summed E-state index contributed by atoms with van der Waals surface area (Å²) in [6, 6.07) is 7.35. The highest BCUT2D eigenvalue weighted by Gasteiger charge is 2.10. The van der Waals surface area contributed by atoms with Crippen molar-refractivity contribution in [3.05, 3.63) is 30.0 Å². The van der Waals surface area contributed by atoms with E-state index in [-0.39, 0.29) is 0 Å². The highest BCUT2D eigenvalue weighted by Crippen LogP contribution is 2.31. The van der Waals surface area contributed by atoms with Gasteiger partial charge in [-0.15, -0.1) is 0 Å². The van der Waals surface area contributed by atoms with Crippen LogP contribution in [0.3, 0.4) is 0 Å². The van der Waals surface area contributed by atoms with E-state index >= 15 is 0 Å². The molecular formula is C12H9NO3. The van der Waals surface area contributed by atoms with Crippen molar-refractivity contribution in [2.75, 3.05) is 7.11 Å². The zero-order valence-corrected chi connectivity index (χ0v) is 8.61. The first-order valence-electron chi connectivity index (χ1n) is 4.86. The van der Waals surface area contributed by atoms with Crippen LogP contribution in [0, 0.1) is 0 Å². The molecule has 0 fully saturated rings. The van der Waals surface area contributed by atoms with Gasteiger partial charge in [-0.05, 0) is 24.3 Å². The molecule has 4 nitrogen and oxygen atoms in total. The average molecular weight is 215 g/mol. The van der Waals surface area contributed by atoms with Crippen molar-refractivity contribution in [3.63, 3.8) is 0 Å². The average Bonchev–Trinajstić information content (AvgIpc) is 2.85. The maximum Gasteiger partial charge on any atom is 0.206 e. The molecule has 2 aromatic heterocycles. The lowest BCUT2D eigenvalue weighted by molar-refractivity contribution is 0.111. The Balaban J connectivity index is 2.38. The minimum Gasteiger partial charge on any atom is -0.497 e. The molecule has 3 rings (SSSR count). The summed E-state index contributed by atoms with van der Waals surface area (Å²) in [5.41, 5.74) is 1.91. The summed E-state index contributed by atoms with van der Waals surface area (Å²) >= 11 is 0. The number of rotatable bonds is 2. The van der Waals surface area contributed by atoms with Crippen LogP contribution < -0.4 is 4.74 Å². The van der Waals surface area contributed by atoms with Crippen LogP contribution in [-0.2, 0) is 0 Å². The molecule has 80 valence electrons. The van der Waals surface area contributed by atoms with Crippen molar-refractivity contribution in [2.45, 2.75) is 0 Å². The van der Waals surface area contributed by atoms with Crippen LogP contribution in [0.1, 0.15) is 10.5 Å². The zero-order chi connectivity index (χ0) is 11.1. The molecule has 2 heterocycles. The summed E-state index contributed by atoms with van der Waals surface area (Å²) in [5.74, 6) is 0.768. The van der Waals surface area contributed by atoms with Gasteiger partial charge in [0.1, 0.15) is 11.3 Å². The van der Waals surface area contributed by atoms with E-state index in [9.17, 15) is 4.79 Å². The van der Waals surface area contributed by atoms with Crippen molar-refractivity contribution in [1.82, 2.24) is 4.98 Å². The van der Waals surface area contributed by atoms with E-state index in [4.69, 9.17) is 9.15 Å².